The van der Waals surface area contributed by atoms with Gasteiger partial charge < -0.3 is 19.2 Å². The Morgan fingerprint density at radius 2 is 2.00 bits per heavy atom. The maximum absolute atomic E-state index is 12.1. The smallest absolute Gasteiger partial charge is 0.484 e. The highest BCUT2D eigenvalue weighted by atomic mass is 19.4. The number of benzene rings is 1. The minimum Gasteiger partial charge on any atom is -0.484 e. The molecule has 31 heavy (non-hydrogen) atoms. The Morgan fingerprint density at radius 3 is 2.68 bits per heavy atom. The number of halogens is 3. The summed E-state index contributed by atoms with van der Waals surface area (Å²) in [6.07, 6.45) is -3.57. The van der Waals surface area contributed by atoms with Crippen molar-refractivity contribution in [2.45, 2.75) is 51.1 Å². The number of rotatable bonds is 9. The van der Waals surface area contributed by atoms with Crippen LogP contribution in [0.25, 0.3) is 0 Å². The van der Waals surface area contributed by atoms with Crippen LogP contribution in [0.5, 0.6) is 5.75 Å². The molecule has 1 saturated heterocycles. The zero-order valence-electron chi connectivity index (χ0n) is 17.0. The molecule has 1 aromatic heterocycles. The van der Waals surface area contributed by atoms with Crippen molar-refractivity contribution in [3.8, 4) is 5.75 Å². The topological polar surface area (TPSA) is 95.7 Å². The fourth-order valence-electron chi connectivity index (χ4n) is 3.02. The predicted octanol–water partition coefficient (Wildman–Crippen LogP) is 3.26. The molecule has 1 aliphatic heterocycles. The number of nitrogens with one attached hydrogen (secondary N) is 1. The minimum absolute atomic E-state index is 0.0892. The first kappa shape index (κ1) is 23.0. The summed E-state index contributed by atoms with van der Waals surface area (Å²) in [6.45, 7) is 1.68. The number of alkyl halides is 3. The maximum Gasteiger partial charge on any atom is 0.522 e. The van der Waals surface area contributed by atoms with Gasteiger partial charge >= 0.3 is 6.36 Å². The fraction of sp³-hybridized carbons (Fsp3) is 0.550. The van der Waals surface area contributed by atoms with E-state index in [4.69, 9.17) is 13.9 Å². The van der Waals surface area contributed by atoms with Crippen molar-refractivity contribution in [2.24, 2.45) is 0 Å². The Morgan fingerprint density at radius 1 is 1.23 bits per heavy atom. The maximum atomic E-state index is 12.1. The van der Waals surface area contributed by atoms with Gasteiger partial charge in [-0.3, -0.25) is 9.53 Å². The molecule has 2 atom stereocenters. The van der Waals surface area contributed by atoms with E-state index in [1.54, 1.807) is 12.1 Å². The number of carbonyl (C=O) groups is 1. The summed E-state index contributed by atoms with van der Waals surface area (Å²) in [5, 5.41) is 10.6. The molecule has 0 unspecified atom stereocenters. The van der Waals surface area contributed by atoms with Crippen molar-refractivity contribution < 1.29 is 36.6 Å². The van der Waals surface area contributed by atoms with E-state index in [1.165, 1.54) is 0 Å². The van der Waals surface area contributed by atoms with E-state index in [9.17, 15) is 18.0 Å². The number of ether oxygens (including phenoxy) is 3. The monoisotopic (exact) mass is 443 g/mol. The third kappa shape index (κ3) is 7.83. The summed E-state index contributed by atoms with van der Waals surface area (Å²) in [5.74, 6) is 0.888. The molecule has 2 aromatic rings. The molecule has 0 aliphatic carbocycles. The van der Waals surface area contributed by atoms with Crippen LogP contribution < -0.4 is 10.1 Å². The van der Waals surface area contributed by atoms with Crippen LogP contribution in [-0.2, 0) is 20.7 Å². The zero-order chi connectivity index (χ0) is 22.3. The number of hydrogen-bond acceptors (Lipinski definition) is 7. The fourth-order valence-corrected chi connectivity index (χ4v) is 3.02. The van der Waals surface area contributed by atoms with Crippen LogP contribution in [0.3, 0.4) is 0 Å². The molecular formula is C20H24F3N3O5. The average molecular weight is 443 g/mol. The third-order valence-electron chi connectivity index (χ3n) is 4.59. The lowest BCUT2D eigenvalue weighted by Gasteiger charge is -2.27. The second kappa shape index (κ2) is 10.6. The van der Waals surface area contributed by atoms with Gasteiger partial charge in [0, 0.05) is 6.42 Å². The molecule has 2 heterocycles. The molecule has 8 nitrogen and oxygen atoms in total. The Labute approximate surface area is 177 Å². The quantitative estimate of drug-likeness (QED) is 0.595. The average Bonchev–Trinajstić information content (AvgIpc) is 3.20. The summed E-state index contributed by atoms with van der Waals surface area (Å²) in [5.41, 5.74) is 1.11. The molecule has 0 saturated carbocycles. The number of carbonyl (C=O) groups excluding carboxylic acids is 1. The Bertz CT molecular complexity index is 833. The van der Waals surface area contributed by atoms with Gasteiger partial charge in [0.1, 0.15) is 11.9 Å². The first-order valence-electron chi connectivity index (χ1n) is 9.92. The first-order chi connectivity index (χ1) is 14.8. The molecule has 1 fully saturated rings. The van der Waals surface area contributed by atoms with Crippen molar-refractivity contribution in [3.05, 3.63) is 41.6 Å². The standard InChI is InChI=1S/C20H24F3N3O5/c1-13-4-7-15(8-5-13)28-12-17(27)24-14-6-9-16(29-11-14)19-26-25-18(31-19)3-2-10-30-20(21,22)23/h4-5,7-8,14,16H,2-3,6,9-12H2,1H3,(H,24,27)/t14-,16+/m1/s1. The Hall–Kier alpha value is -2.66. The van der Waals surface area contributed by atoms with Crippen LogP contribution in [0, 0.1) is 6.92 Å². The summed E-state index contributed by atoms with van der Waals surface area (Å²) in [7, 11) is 0. The largest absolute Gasteiger partial charge is 0.522 e. The second-order valence-electron chi connectivity index (χ2n) is 7.20. The van der Waals surface area contributed by atoms with Crippen molar-refractivity contribution in [2.75, 3.05) is 19.8 Å². The van der Waals surface area contributed by atoms with Crippen LogP contribution >= 0.6 is 0 Å². The SMILES string of the molecule is Cc1ccc(OCC(=O)N[C@@H]2CC[C@@H](c3nnc(CCCOC(F)(F)F)o3)OC2)cc1. The third-order valence-corrected chi connectivity index (χ3v) is 4.59. The van der Waals surface area contributed by atoms with E-state index in [1.807, 2.05) is 19.1 Å². The highest BCUT2D eigenvalue weighted by Gasteiger charge is 2.29. The lowest BCUT2D eigenvalue weighted by atomic mass is 10.0. The van der Waals surface area contributed by atoms with E-state index in [2.05, 4.69) is 20.3 Å². The van der Waals surface area contributed by atoms with Gasteiger partial charge in [-0.2, -0.15) is 0 Å². The van der Waals surface area contributed by atoms with Crippen LogP contribution in [-0.4, -0.2) is 48.3 Å². The van der Waals surface area contributed by atoms with Crippen LogP contribution in [0.4, 0.5) is 13.2 Å². The van der Waals surface area contributed by atoms with E-state index < -0.39 is 19.1 Å². The molecule has 1 aromatic carbocycles. The van der Waals surface area contributed by atoms with E-state index in [-0.39, 0.29) is 49.8 Å². The zero-order valence-corrected chi connectivity index (χ0v) is 17.0. The Kier molecular flexibility index (Phi) is 7.85. The van der Waals surface area contributed by atoms with Crippen LogP contribution in [0.15, 0.2) is 28.7 Å². The molecule has 0 radical (unpaired) electrons. The number of amides is 1. The van der Waals surface area contributed by atoms with Gasteiger partial charge in [-0.15, -0.1) is 23.4 Å². The van der Waals surface area contributed by atoms with Crippen molar-refractivity contribution in [1.82, 2.24) is 15.5 Å². The van der Waals surface area contributed by atoms with Gasteiger partial charge in [0.05, 0.1) is 19.3 Å². The molecule has 0 spiro atoms. The van der Waals surface area contributed by atoms with Gasteiger partial charge in [0.15, 0.2) is 6.61 Å². The summed E-state index contributed by atoms with van der Waals surface area (Å²) in [6, 6.07) is 7.26. The lowest BCUT2D eigenvalue weighted by Crippen LogP contribution is -2.43. The van der Waals surface area contributed by atoms with Gasteiger partial charge in [0.2, 0.25) is 11.8 Å². The van der Waals surface area contributed by atoms with Gasteiger partial charge in [-0.25, -0.2) is 0 Å². The molecule has 1 N–H and O–H groups in total. The highest BCUT2D eigenvalue weighted by molar-refractivity contribution is 5.77. The number of aromatic nitrogens is 2. The number of hydrogen-bond donors (Lipinski definition) is 1. The second-order valence-corrected chi connectivity index (χ2v) is 7.20. The Balaban J connectivity index is 1.35. The normalized spacial score (nSPS) is 19.2. The van der Waals surface area contributed by atoms with Gasteiger partial charge in [0.25, 0.3) is 5.91 Å². The predicted molar refractivity (Wildman–Crippen MR) is 101 cm³/mol. The molecular weight excluding hydrogens is 419 g/mol. The molecule has 0 bridgehead atoms. The van der Waals surface area contributed by atoms with Gasteiger partial charge in [-0.05, 0) is 38.3 Å². The number of aryl methyl sites for hydroxylation is 2. The van der Waals surface area contributed by atoms with Crippen LogP contribution in [0.1, 0.15) is 42.7 Å². The molecule has 1 aliphatic rings. The summed E-state index contributed by atoms with van der Waals surface area (Å²) >= 11 is 0. The van der Waals surface area contributed by atoms with E-state index >= 15 is 0 Å². The lowest BCUT2D eigenvalue weighted by molar-refractivity contribution is -0.324. The van der Waals surface area contributed by atoms with Crippen molar-refractivity contribution >= 4 is 5.91 Å². The van der Waals surface area contributed by atoms with E-state index in [0.717, 1.165) is 5.56 Å². The number of nitrogens with zero attached hydrogens (tertiary/aromatic N) is 2. The highest BCUT2D eigenvalue weighted by Crippen LogP contribution is 2.27. The summed E-state index contributed by atoms with van der Waals surface area (Å²) in [4.78, 5) is 12.1. The van der Waals surface area contributed by atoms with E-state index in [0.29, 0.717) is 18.6 Å². The molecule has 170 valence electrons. The molecule has 3 rings (SSSR count). The van der Waals surface area contributed by atoms with Crippen LogP contribution in [0.2, 0.25) is 0 Å². The summed E-state index contributed by atoms with van der Waals surface area (Å²) < 4.78 is 56.2. The first-order valence-corrected chi connectivity index (χ1v) is 9.92. The van der Waals surface area contributed by atoms with Crippen molar-refractivity contribution in [1.29, 1.82) is 0 Å². The van der Waals surface area contributed by atoms with Crippen molar-refractivity contribution in [3.63, 3.8) is 0 Å². The molecule has 11 heteroatoms. The van der Waals surface area contributed by atoms with Gasteiger partial charge in [-0.1, -0.05) is 17.7 Å². The minimum atomic E-state index is -4.64. The molecule has 1 amide bonds.